The summed E-state index contributed by atoms with van der Waals surface area (Å²) >= 11 is 51.1. The Morgan fingerprint density at radius 2 is 1.14 bits per heavy atom. The van der Waals surface area contributed by atoms with Gasteiger partial charge in [0.15, 0.2) is 22.6 Å². The SMILES string of the molecule is CC(C)C(N)C(=O)Nc1ccc(/C=C/C(=O)NC(N2CCCN(c3cccc4cc(CNc5ccc(/C=C/C(=O)NC(N6CCCN(c7cccc8cccnc78)C6=S)C(Cl)(Cl)Cl)cc5)cnc34)C2=S)C(Cl)(Cl)Cl)cc1. The minimum absolute atomic E-state index is 0.0131. The van der Waals surface area contributed by atoms with E-state index in [0.717, 1.165) is 50.0 Å². The van der Waals surface area contributed by atoms with E-state index in [1.54, 1.807) is 58.6 Å². The van der Waals surface area contributed by atoms with Crippen LogP contribution in [0.4, 0.5) is 22.7 Å². The number of carbonyl (C=O) groups is 3. The number of nitrogens with two attached hydrogens (primary N) is 1. The summed E-state index contributed by atoms with van der Waals surface area (Å²) in [5.41, 5.74) is 12.9. The molecule has 14 nitrogen and oxygen atoms in total. The molecule has 6 aromatic rings. The van der Waals surface area contributed by atoms with Crippen LogP contribution in [0.5, 0.6) is 0 Å². The molecule has 3 atom stereocenters. The Balaban J connectivity index is 0.863. The van der Waals surface area contributed by atoms with Gasteiger partial charge in [-0.25, -0.2) is 0 Å². The first-order valence-electron chi connectivity index (χ1n) is 24.2. The van der Waals surface area contributed by atoms with Crippen molar-refractivity contribution in [2.45, 2.75) is 59.2 Å². The fourth-order valence-corrected chi connectivity index (χ4v) is 10.5. The molecular formula is C54H53Cl6N11O3S2. The summed E-state index contributed by atoms with van der Waals surface area (Å²) in [6.45, 7) is 6.33. The monoisotopic (exact) mass is 1180 g/mol. The molecule has 3 unspecified atom stereocenters. The molecule has 22 heteroatoms. The van der Waals surface area contributed by atoms with Gasteiger partial charge < -0.3 is 46.6 Å². The molecule has 2 fully saturated rings. The van der Waals surface area contributed by atoms with Gasteiger partial charge in [0.25, 0.3) is 0 Å². The van der Waals surface area contributed by atoms with E-state index in [-0.39, 0.29) is 11.8 Å². The van der Waals surface area contributed by atoms with Crippen molar-refractivity contribution < 1.29 is 14.4 Å². The number of thiocarbonyl (C=S) groups is 2. The van der Waals surface area contributed by atoms with E-state index >= 15 is 0 Å². The standard InChI is InChI=1S/C54H53Cl6N11O3S2/c1-33(2)45(61)48(74)65-40-21-15-35(16-22-40)18-24-44(73)67-50(54(58,59)60)71-29-7-27-69(52(71)76)42-12-4-9-38-30-36(32-64-47(38)42)31-63-39-19-13-34(14-20-39)17-23-43(72)66-49(53(55,56)57)70-28-6-26-68(51(70)75)41-11-3-8-37-10-5-25-62-46(37)41/h3-5,8-25,30,32-33,45,49-50,63H,6-7,26-29,31,61H2,1-2H3,(H,65,74)(H,66,72)(H,67,73)/b23-17+,24-18+. The molecule has 2 aromatic heterocycles. The predicted octanol–water partition coefficient (Wildman–Crippen LogP) is 11.0. The molecule has 8 rings (SSSR count). The molecule has 2 aliphatic heterocycles. The van der Waals surface area contributed by atoms with Crippen LogP contribution in [0.1, 0.15) is 43.4 Å². The summed E-state index contributed by atoms with van der Waals surface area (Å²) in [5, 5.41) is 14.6. The predicted molar refractivity (Wildman–Crippen MR) is 320 cm³/mol. The lowest BCUT2D eigenvalue weighted by atomic mass is 10.0. The average molecular weight is 1180 g/mol. The highest BCUT2D eigenvalue weighted by Crippen LogP contribution is 2.38. The normalized spacial score (nSPS) is 15.9. The maximum Gasteiger partial charge on any atom is 0.245 e. The van der Waals surface area contributed by atoms with Gasteiger partial charge in [-0.2, -0.15) is 0 Å². The molecule has 396 valence electrons. The zero-order valence-corrected chi connectivity index (χ0v) is 47.3. The molecule has 0 radical (unpaired) electrons. The van der Waals surface area contributed by atoms with E-state index < -0.39 is 37.8 Å². The summed E-state index contributed by atoms with van der Waals surface area (Å²) in [6.07, 6.45) is 8.75. The zero-order valence-electron chi connectivity index (χ0n) is 41.1. The van der Waals surface area contributed by atoms with Crippen molar-refractivity contribution in [1.82, 2.24) is 30.4 Å². The number of rotatable bonds is 16. The highest BCUT2D eigenvalue weighted by atomic mass is 35.6. The maximum absolute atomic E-state index is 13.4. The molecule has 4 aromatic carbocycles. The lowest BCUT2D eigenvalue weighted by Gasteiger charge is -2.44. The molecule has 4 heterocycles. The maximum atomic E-state index is 13.4. The van der Waals surface area contributed by atoms with Crippen molar-refractivity contribution >= 4 is 179 Å². The molecule has 2 saturated heterocycles. The van der Waals surface area contributed by atoms with Crippen molar-refractivity contribution in [1.29, 1.82) is 0 Å². The average Bonchev–Trinajstić information content (AvgIpc) is 3.42. The number of halogens is 6. The van der Waals surface area contributed by atoms with Crippen molar-refractivity contribution in [2.24, 2.45) is 11.7 Å². The molecule has 6 N–H and O–H groups in total. The Hall–Kier alpha value is -5.53. The van der Waals surface area contributed by atoms with Crippen LogP contribution in [-0.4, -0.2) is 99.9 Å². The van der Waals surface area contributed by atoms with Gasteiger partial charge in [0.1, 0.15) is 0 Å². The first kappa shape index (κ1) is 56.7. The van der Waals surface area contributed by atoms with Crippen LogP contribution in [0.2, 0.25) is 0 Å². The highest BCUT2D eigenvalue weighted by Gasteiger charge is 2.43. The number of fused-ring (bicyclic) bond motifs is 2. The number of aromatic nitrogens is 2. The van der Waals surface area contributed by atoms with Crippen molar-refractivity contribution in [3.05, 3.63) is 144 Å². The summed E-state index contributed by atoms with van der Waals surface area (Å²) in [7, 11) is 0. The van der Waals surface area contributed by atoms with Gasteiger partial charge >= 0.3 is 0 Å². The number of hydrogen-bond donors (Lipinski definition) is 5. The van der Waals surface area contributed by atoms with Gasteiger partial charge in [-0.1, -0.05) is 138 Å². The molecule has 76 heavy (non-hydrogen) atoms. The van der Waals surface area contributed by atoms with Crippen molar-refractivity contribution in [3.63, 3.8) is 0 Å². The van der Waals surface area contributed by atoms with E-state index in [1.165, 1.54) is 12.2 Å². The van der Waals surface area contributed by atoms with E-state index in [4.69, 9.17) is 105 Å². The third-order valence-electron chi connectivity index (χ3n) is 12.7. The van der Waals surface area contributed by atoms with Crippen LogP contribution < -0.4 is 36.8 Å². The van der Waals surface area contributed by atoms with E-state index in [0.29, 0.717) is 67.0 Å². The van der Waals surface area contributed by atoms with Gasteiger partial charge in [-0.15, -0.1) is 0 Å². The molecule has 3 amide bonds. The highest BCUT2D eigenvalue weighted by molar-refractivity contribution is 7.80. The Labute approximate surface area is 481 Å². The Morgan fingerprint density at radius 1 is 0.658 bits per heavy atom. The number of benzene rings is 4. The fourth-order valence-electron chi connectivity index (χ4n) is 8.73. The second-order valence-corrected chi connectivity index (χ2v) is 23.9. The van der Waals surface area contributed by atoms with Gasteiger partial charge in [-0.3, -0.25) is 24.4 Å². The number of amides is 3. The summed E-state index contributed by atoms with van der Waals surface area (Å²) in [4.78, 5) is 55.9. The Kier molecular flexibility index (Phi) is 18.5. The van der Waals surface area contributed by atoms with Crippen LogP contribution in [0, 0.1) is 5.92 Å². The number of nitrogens with zero attached hydrogens (tertiary/aromatic N) is 6. The largest absolute Gasteiger partial charge is 0.381 e. The molecule has 0 bridgehead atoms. The number of alkyl halides is 6. The zero-order chi connectivity index (χ0) is 54.3. The quantitative estimate of drug-likeness (QED) is 0.0354. The van der Waals surface area contributed by atoms with Gasteiger partial charge in [0.05, 0.1) is 28.5 Å². The molecular weight excluding hydrogens is 1130 g/mol. The second kappa shape index (κ2) is 24.9. The Morgan fingerprint density at radius 3 is 1.66 bits per heavy atom. The van der Waals surface area contributed by atoms with Crippen LogP contribution >= 0.6 is 94.0 Å². The van der Waals surface area contributed by atoms with Crippen LogP contribution in [0.25, 0.3) is 34.0 Å². The van der Waals surface area contributed by atoms with E-state index in [1.807, 2.05) is 96.4 Å². The minimum atomic E-state index is -1.96. The summed E-state index contributed by atoms with van der Waals surface area (Å²) in [6, 6.07) is 31.6. The van der Waals surface area contributed by atoms with E-state index in [9.17, 15) is 14.4 Å². The van der Waals surface area contributed by atoms with Crippen molar-refractivity contribution in [3.8, 4) is 0 Å². The molecule has 2 aliphatic rings. The third-order valence-corrected chi connectivity index (χ3v) is 14.9. The number of para-hydroxylation sites is 2. The van der Waals surface area contributed by atoms with Gasteiger partial charge in [-0.05, 0) is 121 Å². The smallest absolute Gasteiger partial charge is 0.245 e. The fraction of sp³-hybridized carbons (Fsp3) is 0.278. The lowest BCUT2D eigenvalue weighted by molar-refractivity contribution is -0.118. The van der Waals surface area contributed by atoms with Gasteiger partial charge in [0, 0.05) is 79.4 Å². The summed E-state index contributed by atoms with van der Waals surface area (Å²) in [5.74, 6) is -1.26. The summed E-state index contributed by atoms with van der Waals surface area (Å²) < 4.78 is -3.86. The molecule has 0 spiro atoms. The second-order valence-electron chi connectivity index (χ2n) is 18.4. The van der Waals surface area contributed by atoms with Gasteiger partial charge in [0.2, 0.25) is 25.3 Å². The molecule has 0 saturated carbocycles. The first-order valence-corrected chi connectivity index (χ1v) is 27.3. The van der Waals surface area contributed by atoms with Crippen LogP contribution in [0.3, 0.4) is 0 Å². The van der Waals surface area contributed by atoms with Crippen LogP contribution in [-0.2, 0) is 20.9 Å². The number of hydrogen-bond acceptors (Lipinski definition) is 9. The van der Waals surface area contributed by atoms with Crippen molar-refractivity contribution in [2.75, 3.05) is 46.6 Å². The minimum Gasteiger partial charge on any atom is -0.381 e. The van der Waals surface area contributed by atoms with E-state index in [2.05, 4.69) is 32.3 Å². The first-order chi connectivity index (χ1) is 36.2. The third kappa shape index (κ3) is 14.0. The number of nitrogens with one attached hydrogen (secondary N) is 4. The Bertz CT molecular complexity index is 3170. The lowest BCUT2D eigenvalue weighted by Crippen LogP contribution is -2.62. The number of carbonyl (C=O) groups excluding carboxylic acids is 3. The van der Waals surface area contributed by atoms with Crippen LogP contribution in [0.15, 0.2) is 128 Å². The number of anilines is 4. The molecule has 0 aliphatic carbocycles. The number of pyridine rings is 2. The topological polar surface area (TPSA) is 164 Å².